The van der Waals surface area contributed by atoms with Gasteiger partial charge >= 0.3 is 6.61 Å². The minimum absolute atomic E-state index is 0.119. The molecule has 0 aliphatic carbocycles. The molecule has 1 unspecified atom stereocenters. The summed E-state index contributed by atoms with van der Waals surface area (Å²) in [6, 6.07) is 13.6. The molecule has 0 radical (unpaired) electrons. The Morgan fingerprint density at radius 1 is 1.05 bits per heavy atom. The standard InChI is InChI=1S/C16H17F2NO2/c1-20-12-8-6-11(7-9-12)10-14(19)13-4-2-3-5-15(13)21-16(17)18/h2-9,14,16H,10,19H2,1H3. The van der Waals surface area contributed by atoms with Crippen molar-refractivity contribution < 1.29 is 18.3 Å². The maximum Gasteiger partial charge on any atom is 0.387 e. The number of hydrogen-bond donors (Lipinski definition) is 1. The third-order valence-corrected chi connectivity index (χ3v) is 3.15. The smallest absolute Gasteiger partial charge is 0.387 e. The van der Waals surface area contributed by atoms with E-state index in [4.69, 9.17) is 10.5 Å². The first kappa shape index (κ1) is 15.3. The molecule has 0 heterocycles. The third-order valence-electron chi connectivity index (χ3n) is 3.15. The first-order valence-electron chi connectivity index (χ1n) is 6.52. The number of alkyl halides is 2. The molecule has 0 fully saturated rings. The average Bonchev–Trinajstić information content (AvgIpc) is 2.48. The van der Waals surface area contributed by atoms with E-state index in [0.717, 1.165) is 11.3 Å². The highest BCUT2D eigenvalue weighted by Gasteiger charge is 2.15. The van der Waals surface area contributed by atoms with Crippen molar-refractivity contribution in [1.82, 2.24) is 0 Å². The zero-order valence-corrected chi connectivity index (χ0v) is 11.6. The normalized spacial score (nSPS) is 12.2. The molecule has 2 aromatic carbocycles. The molecular formula is C16H17F2NO2. The van der Waals surface area contributed by atoms with Crippen molar-refractivity contribution in [3.63, 3.8) is 0 Å². The lowest BCUT2D eigenvalue weighted by atomic mass is 9.99. The molecule has 5 heteroatoms. The lowest BCUT2D eigenvalue weighted by molar-refractivity contribution is -0.0506. The number of ether oxygens (including phenoxy) is 2. The van der Waals surface area contributed by atoms with Gasteiger partial charge in [-0.05, 0) is 30.2 Å². The van der Waals surface area contributed by atoms with Crippen LogP contribution in [-0.2, 0) is 6.42 Å². The van der Waals surface area contributed by atoms with Crippen molar-refractivity contribution in [2.45, 2.75) is 19.1 Å². The first-order valence-corrected chi connectivity index (χ1v) is 6.52. The topological polar surface area (TPSA) is 44.5 Å². The van der Waals surface area contributed by atoms with Crippen molar-refractivity contribution in [3.05, 3.63) is 59.7 Å². The second kappa shape index (κ2) is 7.04. The number of benzene rings is 2. The predicted octanol–water partition coefficient (Wildman–Crippen LogP) is 3.54. The van der Waals surface area contributed by atoms with E-state index < -0.39 is 12.7 Å². The van der Waals surface area contributed by atoms with Gasteiger partial charge in [0, 0.05) is 11.6 Å². The van der Waals surface area contributed by atoms with Crippen LogP contribution in [0.5, 0.6) is 11.5 Å². The Hall–Kier alpha value is -2.14. The fraction of sp³-hybridized carbons (Fsp3) is 0.250. The summed E-state index contributed by atoms with van der Waals surface area (Å²) in [6.45, 7) is -2.86. The number of rotatable bonds is 6. The average molecular weight is 293 g/mol. The van der Waals surface area contributed by atoms with Crippen LogP contribution in [0.1, 0.15) is 17.2 Å². The molecule has 0 saturated heterocycles. The van der Waals surface area contributed by atoms with E-state index in [2.05, 4.69) is 4.74 Å². The molecule has 2 N–H and O–H groups in total. The van der Waals surface area contributed by atoms with Crippen molar-refractivity contribution in [1.29, 1.82) is 0 Å². The lowest BCUT2D eigenvalue weighted by Gasteiger charge is -2.16. The molecule has 0 spiro atoms. The largest absolute Gasteiger partial charge is 0.497 e. The van der Waals surface area contributed by atoms with E-state index in [1.54, 1.807) is 25.3 Å². The van der Waals surface area contributed by atoms with Gasteiger partial charge in [0.1, 0.15) is 11.5 Å². The summed E-state index contributed by atoms with van der Waals surface area (Å²) in [7, 11) is 1.60. The number of nitrogens with two attached hydrogens (primary N) is 1. The molecule has 0 bridgehead atoms. The molecule has 1 atom stereocenters. The Morgan fingerprint density at radius 3 is 2.33 bits per heavy atom. The molecule has 21 heavy (non-hydrogen) atoms. The Bertz CT molecular complexity index is 573. The summed E-state index contributed by atoms with van der Waals surface area (Å²) >= 11 is 0. The van der Waals surface area contributed by atoms with E-state index in [-0.39, 0.29) is 5.75 Å². The first-order chi connectivity index (χ1) is 10.1. The minimum Gasteiger partial charge on any atom is -0.497 e. The van der Waals surface area contributed by atoms with Crippen LogP contribution >= 0.6 is 0 Å². The van der Waals surface area contributed by atoms with Gasteiger partial charge in [-0.1, -0.05) is 30.3 Å². The molecule has 0 aliphatic rings. The van der Waals surface area contributed by atoms with Crippen LogP contribution in [0.3, 0.4) is 0 Å². The van der Waals surface area contributed by atoms with Crippen LogP contribution in [0.4, 0.5) is 8.78 Å². The SMILES string of the molecule is COc1ccc(CC(N)c2ccccc2OC(F)F)cc1. The summed E-state index contributed by atoms with van der Waals surface area (Å²) in [5, 5.41) is 0. The van der Waals surface area contributed by atoms with Gasteiger partial charge in [0.15, 0.2) is 0 Å². The summed E-state index contributed by atoms with van der Waals surface area (Å²) < 4.78 is 34.4. The van der Waals surface area contributed by atoms with Crippen LogP contribution in [-0.4, -0.2) is 13.7 Å². The lowest BCUT2D eigenvalue weighted by Crippen LogP contribution is -2.16. The quantitative estimate of drug-likeness (QED) is 0.886. The maximum atomic E-state index is 12.4. The zero-order valence-electron chi connectivity index (χ0n) is 11.6. The zero-order chi connectivity index (χ0) is 15.2. The molecule has 2 aromatic rings. The number of methoxy groups -OCH3 is 1. The predicted molar refractivity (Wildman–Crippen MR) is 76.7 cm³/mol. The highest BCUT2D eigenvalue weighted by atomic mass is 19.3. The molecule has 3 nitrogen and oxygen atoms in total. The van der Waals surface area contributed by atoms with Crippen LogP contribution in [0, 0.1) is 0 Å². The Balaban J connectivity index is 2.13. The maximum absolute atomic E-state index is 12.4. The Morgan fingerprint density at radius 2 is 1.71 bits per heavy atom. The number of para-hydroxylation sites is 1. The van der Waals surface area contributed by atoms with Gasteiger partial charge in [-0.15, -0.1) is 0 Å². The van der Waals surface area contributed by atoms with E-state index in [0.29, 0.717) is 12.0 Å². The minimum atomic E-state index is -2.86. The second-order valence-electron chi connectivity index (χ2n) is 4.58. The summed E-state index contributed by atoms with van der Waals surface area (Å²) in [6.07, 6.45) is 0.521. The van der Waals surface area contributed by atoms with Gasteiger partial charge in [-0.25, -0.2) is 0 Å². The van der Waals surface area contributed by atoms with Gasteiger partial charge in [-0.2, -0.15) is 8.78 Å². The fourth-order valence-electron chi connectivity index (χ4n) is 2.12. The fourth-order valence-corrected chi connectivity index (χ4v) is 2.12. The van der Waals surface area contributed by atoms with E-state index in [9.17, 15) is 8.78 Å². The van der Waals surface area contributed by atoms with Gasteiger partial charge in [0.05, 0.1) is 7.11 Å². The Kier molecular flexibility index (Phi) is 5.11. The van der Waals surface area contributed by atoms with E-state index in [1.807, 2.05) is 24.3 Å². The van der Waals surface area contributed by atoms with Gasteiger partial charge in [-0.3, -0.25) is 0 Å². The number of halogens is 2. The van der Waals surface area contributed by atoms with E-state index in [1.165, 1.54) is 6.07 Å². The van der Waals surface area contributed by atoms with Crippen molar-refractivity contribution in [2.24, 2.45) is 5.73 Å². The van der Waals surface area contributed by atoms with Crippen LogP contribution in [0.15, 0.2) is 48.5 Å². The molecule has 112 valence electrons. The van der Waals surface area contributed by atoms with Crippen molar-refractivity contribution >= 4 is 0 Å². The monoisotopic (exact) mass is 293 g/mol. The summed E-state index contributed by atoms with van der Waals surface area (Å²) in [5.41, 5.74) is 7.68. The van der Waals surface area contributed by atoms with Crippen molar-refractivity contribution in [3.8, 4) is 11.5 Å². The molecule has 0 amide bonds. The highest BCUT2D eigenvalue weighted by molar-refractivity contribution is 5.37. The second-order valence-corrected chi connectivity index (χ2v) is 4.58. The molecule has 0 saturated carbocycles. The van der Waals surface area contributed by atoms with Crippen LogP contribution in [0.2, 0.25) is 0 Å². The van der Waals surface area contributed by atoms with Gasteiger partial charge in [0.2, 0.25) is 0 Å². The Labute approximate surface area is 122 Å². The molecule has 0 aliphatic heterocycles. The van der Waals surface area contributed by atoms with Crippen LogP contribution in [0.25, 0.3) is 0 Å². The molecule has 2 rings (SSSR count). The molecule has 0 aromatic heterocycles. The van der Waals surface area contributed by atoms with Crippen molar-refractivity contribution in [2.75, 3.05) is 7.11 Å². The third kappa shape index (κ3) is 4.16. The van der Waals surface area contributed by atoms with Gasteiger partial charge < -0.3 is 15.2 Å². The highest BCUT2D eigenvalue weighted by Crippen LogP contribution is 2.27. The number of hydrogen-bond acceptors (Lipinski definition) is 3. The molecular weight excluding hydrogens is 276 g/mol. The summed E-state index contributed by atoms with van der Waals surface area (Å²) in [5.74, 6) is 0.877. The van der Waals surface area contributed by atoms with Crippen LogP contribution < -0.4 is 15.2 Å². The van der Waals surface area contributed by atoms with E-state index >= 15 is 0 Å². The van der Waals surface area contributed by atoms with Gasteiger partial charge in [0.25, 0.3) is 0 Å². The summed E-state index contributed by atoms with van der Waals surface area (Å²) in [4.78, 5) is 0.